The first-order chi connectivity index (χ1) is 11.1. The molecule has 2 fully saturated rings. The van der Waals surface area contributed by atoms with E-state index in [9.17, 15) is 14.4 Å². The van der Waals surface area contributed by atoms with Crippen LogP contribution in [0.4, 0.5) is 10.5 Å². The van der Waals surface area contributed by atoms with Crippen LogP contribution in [0.1, 0.15) is 25.7 Å². The molecule has 7 heteroatoms. The maximum atomic E-state index is 12.5. The molecule has 0 aliphatic carbocycles. The fourth-order valence-corrected chi connectivity index (χ4v) is 3.27. The summed E-state index contributed by atoms with van der Waals surface area (Å²) < 4.78 is 0. The Morgan fingerprint density at radius 3 is 2.61 bits per heavy atom. The summed E-state index contributed by atoms with van der Waals surface area (Å²) in [6.45, 7) is 2.70. The molecule has 3 amide bonds. The van der Waals surface area contributed by atoms with Crippen LogP contribution in [0.5, 0.6) is 0 Å². The lowest BCUT2D eigenvalue weighted by Gasteiger charge is -2.33. The van der Waals surface area contributed by atoms with Crippen LogP contribution in [0.2, 0.25) is 0 Å². The summed E-state index contributed by atoms with van der Waals surface area (Å²) in [6.07, 6.45) is 5.29. The van der Waals surface area contributed by atoms with Crippen LogP contribution in [0.25, 0.3) is 0 Å². The minimum absolute atomic E-state index is 0.123. The van der Waals surface area contributed by atoms with Gasteiger partial charge in [-0.1, -0.05) is 0 Å². The summed E-state index contributed by atoms with van der Waals surface area (Å²) >= 11 is 0. The number of carbonyl (C=O) groups is 2. The van der Waals surface area contributed by atoms with E-state index < -0.39 is 0 Å². The molecule has 23 heavy (non-hydrogen) atoms. The van der Waals surface area contributed by atoms with Crippen molar-refractivity contribution in [3.05, 3.63) is 28.7 Å². The van der Waals surface area contributed by atoms with E-state index in [4.69, 9.17) is 0 Å². The van der Waals surface area contributed by atoms with Gasteiger partial charge in [-0.25, -0.2) is 4.79 Å². The average molecular weight is 318 g/mol. The Hall–Kier alpha value is -2.31. The van der Waals surface area contributed by atoms with Crippen LogP contribution < -0.4 is 10.9 Å². The predicted molar refractivity (Wildman–Crippen MR) is 86.2 cm³/mol. The fourth-order valence-electron chi connectivity index (χ4n) is 3.27. The Morgan fingerprint density at radius 2 is 1.87 bits per heavy atom. The molecule has 0 spiro atoms. The second kappa shape index (κ2) is 6.85. The third kappa shape index (κ3) is 3.55. The molecule has 3 heterocycles. The van der Waals surface area contributed by atoms with E-state index in [2.05, 4.69) is 10.3 Å². The van der Waals surface area contributed by atoms with Crippen molar-refractivity contribution >= 4 is 17.6 Å². The van der Waals surface area contributed by atoms with Crippen LogP contribution in [0.15, 0.2) is 23.1 Å². The molecule has 1 aromatic rings. The highest BCUT2D eigenvalue weighted by atomic mass is 16.2. The molecule has 2 saturated heterocycles. The molecule has 0 saturated carbocycles. The van der Waals surface area contributed by atoms with Crippen LogP contribution in [0, 0.1) is 5.92 Å². The van der Waals surface area contributed by atoms with Gasteiger partial charge in [0.15, 0.2) is 0 Å². The highest BCUT2D eigenvalue weighted by molar-refractivity contribution is 5.89. The second-order valence-corrected chi connectivity index (χ2v) is 6.16. The van der Waals surface area contributed by atoms with Crippen LogP contribution >= 0.6 is 0 Å². The smallest absolute Gasteiger partial charge is 0.322 e. The van der Waals surface area contributed by atoms with Crippen LogP contribution in [-0.2, 0) is 4.79 Å². The Kier molecular flexibility index (Phi) is 4.64. The first-order valence-corrected chi connectivity index (χ1v) is 8.17. The average Bonchev–Trinajstić information content (AvgIpc) is 3.11. The van der Waals surface area contributed by atoms with E-state index >= 15 is 0 Å². The number of hydrogen-bond donors (Lipinski definition) is 2. The monoisotopic (exact) mass is 318 g/mol. The molecular formula is C16H22N4O3. The van der Waals surface area contributed by atoms with Gasteiger partial charge in [-0.05, 0) is 37.8 Å². The number of piperidine rings is 1. The van der Waals surface area contributed by atoms with Crippen molar-refractivity contribution in [2.24, 2.45) is 5.92 Å². The number of H-pyrrole nitrogens is 1. The molecule has 7 nitrogen and oxygen atoms in total. The lowest BCUT2D eigenvalue weighted by molar-refractivity contribution is -0.135. The molecule has 3 rings (SSSR count). The van der Waals surface area contributed by atoms with Crippen molar-refractivity contribution in [2.45, 2.75) is 25.7 Å². The highest BCUT2D eigenvalue weighted by Crippen LogP contribution is 2.21. The van der Waals surface area contributed by atoms with Crippen molar-refractivity contribution in [3.8, 4) is 0 Å². The van der Waals surface area contributed by atoms with Crippen molar-refractivity contribution in [1.82, 2.24) is 14.8 Å². The maximum Gasteiger partial charge on any atom is 0.322 e. The second-order valence-electron chi connectivity index (χ2n) is 6.16. The predicted octanol–water partition coefficient (Wildman–Crippen LogP) is 1.24. The normalized spacial score (nSPS) is 21.3. The standard InChI is InChI=1S/C16H22N4O3/c21-14-13(6-3-7-17-14)18-16(23)20-10-4-5-12(11-20)15(22)19-8-1-2-9-19/h3,6-7,12H,1-2,4-5,8-11H2,(H,17,21)(H,18,23). The lowest BCUT2D eigenvalue weighted by atomic mass is 9.97. The van der Waals surface area contributed by atoms with Gasteiger partial charge in [0.05, 0.1) is 5.92 Å². The number of aromatic nitrogens is 1. The third-order valence-electron chi connectivity index (χ3n) is 4.54. The highest BCUT2D eigenvalue weighted by Gasteiger charge is 2.32. The minimum atomic E-state index is -0.331. The summed E-state index contributed by atoms with van der Waals surface area (Å²) in [6, 6.07) is 2.90. The van der Waals surface area contributed by atoms with E-state index in [0.29, 0.717) is 13.1 Å². The van der Waals surface area contributed by atoms with Gasteiger partial charge in [-0.2, -0.15) is 0 Å². The number of urea groups is 1. The lowest BCUT2D eigenvalue weighted by Crippen LogP contribution is -2.47. The molecule has 2 aliphatic rings. The van der Waals surface area contributed by atoms with Gasteiger partial charge in [-0.15, -0.1) is 0 Å². The number of anilines is 1. The summed E-state index contributed by atoms with van der Waals surface area (Å²) in [4.78, 5) is 42.5. The van der Waals surface area contributed by atoms with Crippen molar-refractivity contribution in [3.63, 3.8) is 0 Å². The number of amides is 3. The van der Waals surface area contributed by atoms with Gasteiger partial charge in [0.2, 0.25) is 5.91 Å². The topological polar surface area (TPSA) is 85.5 Å². The molecule has 0 radical (unpaired) electrons. The van der Waals surface area contributed by atoms with E-state index in [1.165, 1.54) is 6.20 Å². The molecule has 1 atom stereocenters. The summed E-state index contributed by atoms with van der Waals surface area (Å²) in [7, 11) is 0. The number of carbonyl (C=O) groups excluding carboxylic acids is 2. The number of aromatic amines is 1. The zero-order valence-electron chi connectivity index (χ0n) is 13.1. The van der Waals surface area contributed by atoms with Gasteiger partial charge in [-0.3, -0.25) is 9.59 Å². The van der Waals surface area contributed by atoms with Gasteiger partial charge in [0.1, 0.15) is 5.69 Å². The number of likely N-dealkylation sites (tertiary alicyclic amines) is 2. The number of pyridine rings is 1. The third-order valence-corrected chi connectivity index (χ3v) is 4.54. The molecule has 2 aliphatic heterocycles. The number of nitrogens with zero attached hydrogens (tertiary/aromatic N) is 2. The number of hydrogen-bond acceptors (Lipinski definition) is 3. The van der Waals surface area contributed by atoms with Crippen molar-refractivity contribution in [2.75, 3.05) is 31.5 Å². The van der Waals surface area contributed by atoms with Crippen LogP contribution in [0.3, 0.4) is 0 Å². The zero-order chi connectivity index (χ0) is 16.2. The van der Waals surface area contributed by atoms with E-state index in [0.717, 1.165) is 38.8 Å². The van der Waals surface area contributed by atoms with E-state index in [1.54, 1.807) is 17.0 Å². The molecule has 2 N–H and O–H groups in total. The Balaban J connectivity index is 1.61. The Labute approximate surface area is 134 Å². The van der Waals surface area contributed by atoms with Gasteiger partial charge < -0.3 is 20.1 Å². The largest absolute Gasteiger partial charge is 0.342 e. The summed E-state index contributed by atoms with van der Waals surface area (Å²) in [5, 5.41) is 2.63. The van der Waals surface area contributed by atoms with E-state index in [1.807, 2.05) is 4.90 Å². The molecule has 0 bridgehead atoms. The van der Waals surface area contributed by atoms with Gasteiger partial charge >= 0.3 is 6.03 Å². The number of rotatable bonds is 2. The number of nitrogens with one attached hydrogen (secondary N) is 2. The zero-order valence-corrected chi connectivity index (χ0v) is 13.1. The van der Waals surface area contributed by atoms with Crippen molar-refractivity contribution in [1.29, 1.82) is 0 Å². The van der Waals surface area contributed by atoms with Crippen LogP contribution in [-0.4, -0.2) is 52.9 Å². The van der Waals surface area contributed by atoms with E-state index in [-0.39, 0.29) is 29.1 Å². The molecule has 0 aromatic carbocycles. The quantitative estimate of drug-likeness (QED) is 0.860. The summed E-state index contributed by atoms with van der Waals surface area (Å²) in [5.41, 5.74) is -0.104. The Bertz CT molecular complexity index is 636. The fraction of sp³-hybridized carbons (Fsp3) is 0.562. The molecular weight excluding hydrogens is 296 g/mol. The first-order valence-electron chi connectivity index (χ1n) is 8.17. The first kappa shape index (κ1) is 15.6. The SMILES string of the molecule is O=C(Nc1ccc[nH]c1=O)N1CCCC(C(=O)N2CCCC2)C1. The molecule has 124 valence electrons. The van der Waals surface area contributed by atoms with Gasteiger partial charge in [0, 0.05) is 32.4 Å². The minimum Gasteiger partial charge on any atom is -0.342 e. The maximum absolute atomic E-state index is 12.5. The van der Waals surface area contributed by atoms with Gasteiger partial charge in [0.25, 0.3) is 5.56 Å². The Morgan fingerprint density at radius 1 is 1.13 bits per heavy atom. The molecule has 1 aromatic heterocycles. The molecule has 1 unspecified atom stereocenters. The van der Waals surface area contributed by atoms with Crippen molar-refractivity contribution < 1.29 is 9.59 Å². The summed E-state index contributed by atoms with van der Waals surface area (Å²) in [5.74, 6) is 0.0409.